The van der Waals surface area contributed by atoms with E-state index in [1.807, 2.05) is 84.9 Å². The maximum atomic E-state index is 3.55. The predicted molar refractivity (Wildman–Crippen MR) is 494 cm³/mol. The van der Waals surface area contributed by atoms with Gasteiger partial charge in [-0.3, -0.25) is 0 Å². The van der Waals surface area contributed by atoms with Gasteiger partial charge in [0.1, 0.15) is 0 Å². The topological polar surface area (TPSA) is 60.1 Å². The fourth-order valence-electron chi connectivity index (χ4n) is 13.9. The molecule has 0 saturated carbocycles. The van der Waals surface area contributed by atoms with Gasteiger partial charge >= 0.3 is 0 Å². The van der Waals surface area contributed by atoms with Crippen molar-refractivity contribution in [2.24, 2.45) is 0 Å². The second kappa shape index (κ2) is 38.9. The fraction of sp³-hybridized carbons (Fsp3) is 0. The van der Waals surface area contributed by atoms with Crippen molar-refractivity contribution in [3.8, 4) is 77.9 Å². The zero-order chi connectivity index (χ0) is 77.7. The van der Waals surface area contributed by atoms with Crippen molar-refractivity contribution < 1.29 is 0 Å². The SMILES string of the molecule is c1ccc(-c2ccc(Nc3ccc(-c4ccccc4)cc3)cc2)cc1.c1ccc(-c2ccc(Nc3ccccc3-c3ccccc3)cc2)cc1.c1ccc(Nc2cc3ccccc3c3ccccc23)cc1.c1ccc(Nc2cccc(-c3ccccc3)c2)cc1.c1ccc(Nc2ccccc2-c2ccccc2-c2ccccc2)cc1. The highest BCUT2D eigenvalue weighted by molar-refractivity contribution is 6.13. The molecule has 0 heterocycles. The monoisotopic (exact) mass is 1480 g/mol. The van der Waals surface area contributed by atoms with Crippen LogP contribution in [0.4, 0.5) is 56.9 Å². The maximum absolute atomic E-state index is 3.55. The lowest BCUT2D eigenvalue weighted by molar-refractivity contribution is 1.52. The summed E-state index contributed by atoms with van der Waals surface area (Å²) < 4.78 is 0. The van der Waals surface area contributed by atoms with E-state index in [1.54, 1.807) is 0 Å². The van der Waals surface area contributed by atoms with Gasteiger partial charge in [-0.15, -0.1) is 0 Å². The Morgan fingerprint density at radius 1 is 0.113 bits per heavy atom. The molecule has 0 aliphatic carbocycles. The van der Waals surface area contributed by atoms with Crippen molar-refractivity contribution in [3.63, 3.8) is 0 Å². The molecule has 0 aliphatic rings. The third kappa shape index (κ3) is 20.6. The van der Waals surface area contributed by atoms with Crippen molar-refractivity contribution in [1.29, 1.82) is 0 Å². The largest absolute Gasteiger partial charge is 0.356 e. The Balaban J connectivity index is 0.000000113. The normalized spacial score (nSPS) is 10.4. The molecule has 5 nitrogen and oxygen atoms in total. The molecule has 0 bridgehead atoms. The summed E-state index contributed by atoms with van der Waals surface area (Å²) in [5, 5.41) is 22.6. The van der Waals surface area contributed by atoms with E-state index in [1.165, 1.54) is 99.4 Å². The lowest BCUT2D eigenvalue weighted by Crippen LogP contribution is -1.94. The van der Waals surface area contributed by atoms with Crippen LogP contribution in [0.25, 0.3) is 99.4 Å². The van der Waals surface area contributed by atoms with Gasteiger partial charge in [0.2, 0.25) is 0 Å². The van der Waals surface area contributed by atoms with Crippen LogP contribution in [0, 0.1) is 0 Å². The van der Waals surface area contributed by atoms with Gasteiger partial charge < -0.3 is 26.6 Å². The molecule has 552 valence electrons. The molecule has 0 saturated heterocycles. The highest BCUT2D eigenvalue weighted by atomic mass is 14.9. The molecule has 5 N–H and O–H groups in total. The summed E-state index contributed by atoms with van der Waals surface area (Å²) in [5.41, 5.74) is 28.2. The number of anilines is 10. The standard InChI is InChI=1S/3C24H19N.C20H15N.C18H15N/c1-3-11-19(12-4-1)21-15-7-8-16-22(21)23-17-9-10-18-24(23)25-20-13-5-2-6-14-20;1-3-9-19(10-4-1)20-15-17-22(18-16-20)25-24-14-8-7-13-23(24)21-11-5-2-6-12-21;1-3-7-19(8-4-1)21-11-15-23(16-12-21)25-24-17-13-22(14-18-24)20-9-5-2-6-10-20;1-2-9-16(10-3-1)21-20-14-15-8-4-5-11-17(15)18-12-6-7-13-19(18)20;1-3-8-15(9-4-1)16-10-7-13-18(14-16)19-17-11-5-2-6-12-17/h3*1-18,25H;1-14,21H;1-14,19H. The second-order valence-electron chi connectivity index (χ2n) is 27.6. The molecule has 0 unspecified atom stereocenters. The first kappa shape index (κ1) is 75.1. The van der Waals surface area contributed by atoms with E-state index in [0.717, 1.165) is 56.9 Å². The zero-order valence-electron chi connectivity index (χ0n) is 63.8. The van der Waals surface area contributed by atoms with Crippen LogP contribution in [-0.2, 0) is 0 Å². The van der Waals surface area contributed by atoms with Crippen LogP contribution in [0.1, 0.15) is 0 Å². The molecular formula is C110H87N5. The lowest BCUT2D eigenvalue weighted by Gasteiger charge is -2.15. The van der Waals surface area contributed by atoms with Crippen LogP contribution in [0.3, 0.4) is 0 Å². The third-order valence-corrected chi connectivity index (χ3v) is 19.7. The molecule has 0 amide bonds. The van der Waals surface area contributed by atoms with E-state index in [4.69, 9.17) is 0 Å². The number of para-hydroxylation sites is 5. The molecule has 0 aromatic heterocycles. The number of nitrogens with one attached hydrogen (secondary N) is 5. The zero-order valence-corrected chi connectivity index (χ0v) is 63.8. The Hall–Kier alpha value is -15.3. The van der Waals surface area contributed by atoms with Gasteiger partial charge in [0, 0.05) is 73.4 Å². The number of rotatable bonds is 17. The van der Waals surface area contributed by atoms with Crippen molar-refractivity contribution in [2.75, 3.05) is 26.6 Å². The first-order chi connectivity index (χ1) is 57.0. The Morgan fingerprint density at radius 2 is 0.374 bits per heavy atom. The van der Waals surface area contributed by atoms with Crippen LogP contribution in [0.2, 0.25) is 0 Å². The smallest absolute Gasteiger partial charge is 0.0470 e. The second-order valence-corrected chi connectivity index (χ2v) is 27.6. The molecule has 0 aliphatic heterocycles. The summed E-state index contributed by atoms with van der Waals surface area (Å²) in [7, 11) is 0. The highest BCUT2D eigenvalue weighted by Crippen LogP contribution is 2.39. The van der Waals surface area contributed by atoms with E-state index >= 15 is 0 Å². The summed E-state index contributed by atoms with van der Waals surface area (Å²) in [6, 6.07) is 172. The van der Waals surface area contributed by atoms with E-state index in [-0.39, 0.29) is 0 Å². The Labute approximate surface area is 675 Å². The maximum Gasteiger partial charge on any atom is 0.0470 e. The summed E-state index contributed by atoms with van der Waals surface area (Å²) in [5.74, 6) is 0. The first-order valence-corrected chi connectivity index (χ1v) is 38.9. The molecular weight excluding hydrogens is 1390 g/mol. The average Bonchev–Trinajstić information content (AvgIpc) is 0.767. The van der Waals surface area contributed by atoms with Crippen molar-refractivity contribution in [3.05, 3.63) is 497 Å². The van der Waals surface area contributed by atoms with Gasteiger partial charge in [0.15, 0.2) is 0 Å². The molecule has 5 heteroatoms. The summed E-state index contributed by atoms with van der Waals surface area (Å²) in [6.45, 7) is 0. The quantitative estimate of drug-likeness (QED) is 0.0588. The minimum atomic E-state index is 1.09. The minimum absolute atomic E-state index is 1.09. The highest BCUT2D eigenvalue weighted by Gasteiger charge is 2.13. The Morgan fingerprint density at radius 3 is 0.826 bits per heavy atom. The van der Waals surface area contributed by atoms with Crippen LogP contribution in [0.15, 0.2) is 497 Å². The molecule has 0 spiro atoms. The number of hydrogen-bond acceptors (Lipinski definition) is 5. The van der Waals surface area contributed by atoms with Gasteiger partial charge in [-0.2, -0.15) is 0 Å². The van der Waals surface area contributed by atoms with Gasteiger partial charge in [-0.1, -0.05) is 394 Å². The molecule has 0 fully saturated rings. The van der Waals surface area contributed by atoms with Crippen molar-refractivity contribution in [2.45, 2.75) is 0 Å². The van der Waals surface area contributed by atoms with Gasteiger partial charge in [0.25, 0.3) is 0 Å². The van der Waals surface area contributed by atoms with E-state index in [9.17, 15) is 0 Å². The molecule has 115 heavy (non-hydrogen) atoms. The third-order valence-electron chi connectivity index (χ3n) is 19.7. The first-order valence-electron chi connectivity index (χ1n) is 38.9. The fourth-order valence-corrected chi connectivity index (χ4v) is 13.9. The Kier molecular flexibility index (Phi) is 25.4. The van der Waals surface area contributed by atoms with Gasteiger partial charge in [0.05, 0.1) is 0 Å². The van der Waals surface area contributed by atoms with E-state index in [2.05, 4.69) is 439 Å². The average molecular weight is 1480 g/mol. The van der Waals surface area contributed by atoms with Crippen LogP contribution < -0.4 is 26.6 Å². The minimum Gasteiger partial charge on any atom is -0.356 e. The number of hydrogen-bond donors (Lipinski definition) is 5. The predicted octanol–water partition coefficient (Wildman–Crippen LogP) is 31.1. The summed E-state index contributed by atoms with van der Waals surface area (Å²) in [6.07, 6.45) is 0. The van der Waals surface area contributed by atoms with Crippen LogP contribution >= 0.6 is 0 Å². The summed E-state index contributed by atoms with van der Waals surface area (Å²) in [4.78, 5) is 0. The number of benzene rings is 19. The van der Waals surface area contributed by atoms with Gasteiger partial charge in [-0.05, 0) is 186 Å². The summed E-state index contributed by atoms with van der Waals surface area (Å²) >= 11 is 0. The van der Waals surface area contributed by atoms with Crippen LogP contribution in [-0.4, -0.2) is 0 Å². The number of fused-ring (bicyclic) bond motifs is 3. The lowest BCUT2D eigenvalue weighted by atomic mass is 9.93. The Bertz CT molecular complexity index is 6080. The van der Waals surface area contributed by atoms with E-state index < -0.39 is 0 Å². The molecule has 19 rings (SSSR count). The van der Waals surface area contributed by atoms with Crippen molar-refractivity contribution in [1.82, 2.24) is 0 Å². The molecule has 19 aromatic rings. The van der Waals surface area contributed by atoms with Gasteiger partial charge in [-0.25, -0.2) is 0 Å². The molecule has 0 radical (unpaired) electrons. The molecule has 0 atom stereocenters. The van der Waals surface area contributed by atoms with Crippen molar-refractivity contribution >= 4 is 78.4 Å². The van der Waals surface area contributed by atoms with Crippen LogP contribution in [0.5, 0.6) is 0 Å². The van der Waals surface area contributed by atoms with E-state index in [0.29, 0.717) is 0 Å². The molecule has 19 aromatic carbocycles.